The largest absolute Gasteiger partial charge is 0.507 e. The second kappa shape index (κ2) is 9.96. The number of rotatable bonds is 8. The summed E-state index contributed by atoms with van der Waals surface area (Å²) in [5.74, 6) is 1.44. The van der Waals surface area contributed by atoms with Crippen LogP contribution >= 0.6 is 0 Å². The second-order valence-corrected chi connectivity index (χ2v) is 9.87. The summed E-state index contributed by atoms with van der Waals surface area (Å²) in [7, 11) is 1.51. The van der Waals surface area contributed by atoms with E-state index >= 15 is 0 Å². The maximum atomic E-state index is 13.0. The zero-order valence-electron chi connectivity index (χ0n) is 20.8. The number of fused-ring (bicyclic) bond motifs is 2. The molecule has 0 radical (unpaired) electrons. The van der Waals surface area contributed by atoms with Crippen molar-refractivity contribution >= 4 is 21.9 Å². The molecule has 35 heavy (non-hydrogen) atoms. The van der Waals surface area contributed by atoms with Gasteiger partial charge >= 0.3 is 11.3 Å². The van der Waals surface area contributed by atoms with Crippen LogP contribution in [0.1, 0.15) is 33.3 Å². The molecule has 0 amide bonds. The van der Waals surface area contributed by atoms with E-state index in [1.807, 2.05) is 6.07 Å². The first-order chi connectivity index (χ1) is 16.7. The topological polar surface area (TPSA) is 94.3 Å². The maximum Gasteiger partial charge on any atom is 0.344 e. The van der Waals surface area contributed by atoms with Gasteiger partial charge in [-0.3, -0.25) is 0 Å². The first-order valence-corrected chi connectivity index (χ1v) is 11.9. The van der Waals surface area contributed by atoms with Crippen molar-refractivity contribution in [3.05, 3.63) is 68.9 Å². The van der Waals surface area contributed by atoms with E-state index in [0.717, 1.165) is 13.1 Å². The fourth-order valence-electron chi connectivity index (χ4n) is 4.76. The van der Waals surface area contributed by atoms with Gasteiger partial charge in [0.1, 0.15) is 12.3 Å². The van der Waals surface area contributed by atoms with E-state index in [1.165, 1.54) is 18.1 Å². The summed E-state index contributed by atoms with van der Waals surface area (Å²) in [5, 5.41) is 12.0. The third-order valence-electron chi connectivity index (χ3n) is 6.05. The van der Waals surface area contributed by atoms with E-state index in [4.69, 9.17) is 13.6 Å². The molecule has 0 aliphatic heterocycles. The third-order valence-corrected chi connectivity index (χ3v) is 6.05. The SMILES string of the molecule is COc1cccc2cc(-c3cc(=O)oc4c(C[NH+](CC(C)C)CC(C)C)c(O)ccc34)c(=O)oc12. The predicted molar refractivity (Wildman–Crippen MR) is 136 cm³/mol. The molecule has 4 aromatic rings. The zero-order valence-corrected chi connectivity index (χ0v) is 20.8. The first-order valence-electron chi connectivity index (χ1n) is 11.9. The van der Waals surface area contributed by atoms with Gasteiger partial charge in [-0.2, -0.15) is 0 Å². The van der Waals surface area contributed by atoms with Crippen molar-refractivity contribution in [2.45, 2.75) is 34.2 Å². The Morgan fingerprint density at radius 3 is 2.29 bits per heavy atom. The molecule has 0 aliphatic carbocycles. The van der Waals surface area contributed by atoms with Crippen LogP contribution in [-0.4, -0.2) is 25.3 Å². The average Bonchev–Trinajstić information content (AvgIpc) is 2.79. The molecule has 0 saturated heterocycles. The van der Waals surface area contributed by atoms with Crippen LogP contribution in [0.25, 0.3) is 33.1 Å². The lowest BCUT2D eigenvalue weighted by Gasteiger charge is -2.24. The van der Waals surface area contributed by atoms with Gasteiger partial charge < -0.3 is 23.6 Å². The molecule has 0 bridgehead atoms. The van der Waals surface area contributed by atoms with E-state index in [2.05, 4.69) is 27.7 Å². The van der Waals surface area contributed by atoms with Gasteiger partial charge in [0.25, 0.3) is 0 Å². The van der Waals surface area contributed by atoms with Crippen molar-refractivity contribution in [3.63, 3.8) is 0 Å². The van der Waals surface area contributed by atoms with Gasteiger partial charge in [0.05, 0.1) is 31.3 Å². The molecule has 0 atom stereocenters. The summed E-state index contributed by atoms with van der Waals surface area (Å²) in [6.07, 6.45) is 0. The molecular weight excluding hydrogens is 446 g/mol. The summed E-state index contributed by atoms with van der Waals surface area (Å²) >= 11 is 0. The van der Waals surface area contributed by atoms with Crippen LogP contribution in [0.4, 0.5) is 0 Å². The molecular formula is C28H32NO6+. The number of para-hydroxylation sites is 1. The number of nitrogens with one attached hydrogen (secondary N) is 1. The van der Waals surface area contributed by atoms with Crippen LogP contribution in [0.5, 0.6) is 11.5 Å². The van der Waals surface area contributed by atoms with Crippen LogP contribution in [0.3, 0.4) is 0 Å². The molecule has 4 rings (SSSR count). The fraction of sp³-hybridized carbons (Fsp3) is 0.357. The molecule has 2 heterocycles. The first kappa shape index (κ1) is 24.5. The Morgan fingerprint density at radius 2 is 1.63 bits per heavy atom. The fourth-order valence-corrected chi connectivity index (χ4v) is 4.76. The number of phenolic OH excluding ortho intramolecular Hbond substituents is 1. The zero-order chi connectivity index (χ0) is 25.3. The quantitative estimate of drug-likeness (QED) is 0.372. The number of methoxy groups -OCH3 is 1. The highest BCUT2D eigenvalue weighted by Gasteiger charge is 2.22. The van der Waals surface area contributed by atoms with Crippen molar-refractivity contribution in [2.24, 2.45) is 11.8 Å². The summed E-state index contributed by atoms with van der Waals surface area (Å²) < 4.78 is 16.5. The van der Waals surface area contributed by atoms with Gasteiger partial charge in [-0.05, 0) is 24.3 Å². The minimum atomic E-state index is -0.598. The van der Waals surface area contributed by atoms with Gasteiger partial charge in [-0.15, -0.1) is 0 Å². The summed E-state index contributed by atoms with van der Waals surface area (Å²) in [6.45, 7) is 11.0. The Balaban J connectivity index is 1.91. The van der Waals surface area contributed by atoms with Crippen LogP contribution in [0, 0.1) is 11.8 Å². The molecule has 2 aromatic heterocycles. The molecule has 0 spiro atoms. The summed E-state index contributed by atoms with van der Waals surface area (Å²) in [4.78, 5) is 27.0. The number of phenols is 1. The number of benzene rings is 2. The van der Waals surface area contributed by atoms with Crippen molar-refractivity contribution in [2.75, 3.05) is 20.2 Å². The minimum Gasteiger partial charge on any atom is -0.507 e. The molecule has 2 aromatic carbocycles. The van der Waals surface area contributed by atoms with E-state index in [0.29, 0.717) is 57.2 Å². The second-order valence-electron chi connectivity index (χ2n) is 9.87. The van der Waals surface area contributed by atoms with E-state index in [9.17, 15) is 14.7 Å². The minimum absolute atomic E-state index is 0.0677. The van der Waals surface area contributed by atoms with Crippen LogP contribution < -0.4 is 20.9 Å². The van der Waals surface area contributed by atoms with Crippen molar-refractivity contribution in [1.29, 1.82) is 0 Å². The lowest BCUT2D eigenvalue weighted by atomic mass is 9.99. The van der Waals surface area contributed by atoms with E-state index in [1.54, 1.807) is 30.3 Å². The number of quaternary nitrogens is 1. The highest BCUT2D eigenvalue weighted by Crippen LogP contribution is 2.33. The van der Waals surface area contributed by atoms with Crippen LogP contribution in [0.15, 0.2) is 60.9 Å². The number of ether oxygens (including phenoxy) is 1. The number of hydrogen-bond donors (Lipinski definition) is 2. The Bertz CT molecular complexity index is 1470. The van der Waals surface area contributed by atoms with Gasteiger partial charge in [0, 0.05) is 34.2 Å². The van der Waals surface area contributed by atoms with Crippen molar-refractivity contribution in [3.8, 4) is 22.6 Å². The molecule has 184 valence electrons. The van der Waals surface area contributed by atoms with E-state index < -0.39 is 11.3 Å². The Hall–Kier alpha value is -3.58. The molecule has 7 nitrogen and oxygen atoms in total. The molecule has 0 saturated carbocycles. The van der Waals surface area contributed by atoms with Crippen LogP contribution in [0.2, 0.25) is 0 Å². The summed E-state index contributed by atoms with van der Waals surface area (Å²) in [6, 6.07) is 11.6. The monoisotopic (exact) mass is 478 g/mol. The maximum absolute atomic E-state index is 13.0. The highest BCUT2D eigenvalue weighted by molar-refractivity contribution is 5.97. The van der Waals surface area contributed by atoms with Crippen molar-refractivity contribution < 1.29 is 23.6 Å². The van der Waals surface area contributed by atoms with Gasteiger partial charge in [0.2, 0.25) is 0 Å². The highest BCUT2D eigenvalue weighted by atomic mass is 16.5. The van der Waals surface area contributed by atoms with Gasteiger partial charge in [0.15, 0.2) is 16.9 Å². The normalized spacial score (nSPS) is 11.9. The van der Waals surface area contributed by atoms with Crippen LogP contribution in [-0.2, 0) is 6.54 Å². The van der Waals surface area contributed by atoms with E-state index in [-0.39, 0.29) is 11.3 Å². The Labute approximate surface area is 203 Å². The molecule has 0 unspecified atom stereocenters. The van der Waals surface area contributed by atoms with Crippen molar-refractivity contribution in [1.82, 2.24) is 0 Å². The molecule has 7 heteroatoms. The number of hydrogen-bond acceptors (Lipinski definition) is 6. The average molecular weight is 479 g/mol. The Morgan fingerprint density at radius 1 is 0.914 bits per heavy atom. The summed E-state index contributed by atoms with van der Waals surface area (Å²) in [5.41, 5.74) is 0.663. The van der Waals surface area contributed by atoms with Gasteiger partial charge in [-0.1, -0.05) is 39.8 Å². The predicted octanol–water partition coefficient (Wildman–Crippen LogP) is 3.98. The smallest absolute Gasteiger partial charge is 0.344 e. The van der Waals surface area contributed by atoms with Gasteiger partial charge in [-0.25, -0.2) is 9.59 Å². The molecule has 0 fully saturated rings. The lowest BCUT2D eigenvalue weighted by molar-refractivity contribution is -0.919. The standard InChI is InChI=1S/C28H31NO6/c1-16(2)13-29(14-17(3)4)15-22-23(30)10-9-19-20(12-25(31)34-27(19)22)21-11-18-7-6-8-24(33-5)26(18)35-28(21)32/h6-12,16-17,30H,13-15H2,1-5H3/p+1. The Kier molecular flexibility index (Phi) is 6.98. The lowest BCUT2D eigenvalue weighted by Crippen LogP contribution is -3.11. The third kappa shape index (κ3) is 5.10. The molecule has 2 N–H and O–H groups in total. The number of aromatic hydroxyl groups is 1. The molecule has 0 aliphatic rings.